The molecule has 0 spiro atoms. The molecule has 0 amide bonds. The van der Waals surface area contributed by atoms with Crippen LogP contribution in [0.3, 0.4) is 0 Å². The third-order valence-electron chi connectivity index (χ3n) is 4.02. The lowest BCUT2D eigenvalue weighted by Gasteiger charge is -2.17. The number of halogens is 1. The van der Waals surface area contributed by atoms with Crippen molar-refractivity contribution < 1.29 is 4.39 Å². The van der Waals surface area contributed by atoms with Crippen LogP contribution < -0.4 is 5.73 Å². The molecule has 1 aromatic carbocycles. The summed E-state index contributed by atoms with van der Waals surface area (Å²) in [7, 11) is 0. The Morgan fingerprint density at radius 1 is 1.37 bits per heavy atom. The number of benzene rings is 1. The van der Waals surface area contributed by atoms with E-state index in [1.54, 1.807) is 6.07 Å². The second-order valence-electron chi connectivity index (χ2n) is 5.48. The Morgan fingerprint density at radius 3 is 3.00 bits per heavy atom. The molecule has 1 aliphatic carbocycles. The predicted molar refractivity (Wildman–Crippen MR) is 74.5 cm³/mol. The molecule has 0 radical (unpaired) electrons. The van der Waals surface area contributed by atoms with Crippen LogP contribution in [0.2, 0.25) is 0 Å². The van der Waals surface area contributed by atoms with Gasteiger partial charge in [-0.1, -0.05) is 6.07 Å². The third-order valence-corrected chi connectivity index (χ3v) is 4.02. The molecule has 3 heteroatoms. The smallest absolute Gasteiger partial charge is 0.123 e. The summed E-state index contributed by atoms with van der Waals surface area (Å²) in [5.74, 6) is -0.172. The molecule has 3 rings (SSSR count). The van der Waals surface area contributed by atoms with E-state index in [-0.39, 0.29) is 11.9 Å². The average molecular weight is 258 g/mol. The van der Waals surface area contributed by atoms with Crippen LogP contribution >= 0.6 is 0 Å². The van der Waals surface area contributed by atoms with E-state index in [1.807, 2.05) is 13.0 Å². The molecule has 1 atom stereocenters. The summed E-state index contributed by atoms with van der Waals surface area (Å²) in [6, 6.07) is 5.13. The van der Waals surface area contributed by atoms with Crippen LogP contribution in [0, 0.1) is 12.7 Å². The standard InChI is InChI=1S/C16H19FN2/c1-11-5-6-14(17)7-13(11)9-19-8-12-3-2-4-16(18)15(12)10-19/h5-8,10,16H,2-4,9,18H2,1H3. The maximum atomic E-state index is 13.3. The van der Waals surface area contributed by atoms with E-state index >= 15 is 0 Å². The number of hydrogen-bond donors (Lipinski definition) is 1. The van der Waals surface area contributed by atoms with E-state index in [9.17, 15) is 4.39 Å². The molecular formula is C16H19FN2. The van der Waals surface area contributed by atoms with E-state index in [1.165, 1.54) is 17.2 Å². The number of nitrogens with zero attached hydrogens (tertiary/aromatic N) is 1. The van der Waals surface area contributed by atoms with Gasteiger partial charge in [-0.2, -0.15) is 0 Å². The van der Waals surface area contributed by atoms with Gasteiger partial charge in [0.2, 0.25) is 0 Å². The zero-order valence-corrected chi connectivity index (χ0v) is 11.2. The van der Waals surface area contributed by atoms with Crippen molar-refractivity contribution in [1.29, 1.82) is 0 Å². The van der Waals surface area contributed by atoms with Gasteiger partial charge in [-0.25, -0.2) is 4.39 Å². The number of fused-ring (bicyclic) bond motifs is 1. The quantitative estimate of drug-likeness (QED) is 0.880. The molecule has 0 saturated carbocycles. The summed E-state index contributed by atoms with van der Waals surface area (Å²) in [4.78, 5) is 0. The Hall–Kier alpha value is -1.61. The SMILES string of the molecule is Cc1ccc(F)cc1Cn1cc2c(c1)C(N)CCC2. The normalized spacial score (nSPS) is 18.4. The lowest BCUT2D eigenvalue weighted by atomic mass is 9.92. The van der Waals surface area contributed by atoms with E-state index in [0.717, 1.165) is 30.4 Å². The average Bonchev–Trinajstić information content (AvgIpc) is 2.78. The molecule has 0 bridgehead atoms. The van der Waals surface area contributed by atoms with Crippen LogP contribution in [0.5, 0.6) is 0 Å². The minimum Gasteiger partial charge on any atom is -0.349 e. The molecule has 1 heterocycles. The summed E-state index contributed by atoms with van der Waals surface area (Å²) < 4.78 is 15.4. The number of hydrogen-bond acceptors (Lipinski definition) is 1. The van der Waals surface area contributed by atoms with Gasteiger partial charge in [0.25, 0.3) is 0 Å². The highest BCUT2D eigenvalue weighted by Crippen LogP contribution is 2.29. The molecule has 1 unspecified atom stereocenters. The monoisotopic (exact) mass is 258 g/mol. The minimum absolute atomic E-state index is 0.165. The summed E-state index contributed by atoms with van der Waals surface area (Å²) in [6.07, 6.45) is 7.63. The van der Waals surface area contributed by atoms with Gasteiger partial charge < -0.3 is 10.3 Å². The first-order chi connectivity index (χ1) is 9.13. The highest BCUT2D eigenvalue weighted by Gasteiger charge is 2.18. The van der Waals surface area contributed by atoms with Crippen molar-refractivity contribution in [3.63, 3.8) is 0 Å². The molecule has 2 N–H and O–H groups in total. The Kier molecular flexibility index (Phi) is 3.15. The highest BCUT2D eigenvalue weighted by atomic mass is 19.1. The lowest BCUT2D eigenvalue weighted by Crippen LogP contribution is -2.15. The van der Waals surface area contributed by atoms with Gasteiger partial charge in [-0.15, -0.1) is 0 Å². The summed E-state index contributed by atoms with van der Waals surface area (Å²) >= 11 is 0. The molecule has 100 valence electrons. The minimum atomic E-state index is -0.172. The van der Waals surface area contributed by atoms with Crippen LogP contribution in [0.15, 0.2) is 30.6 Å². The maximum absolute atomic E-state index is 13.3. The molecule has 1 aromatic heterocycles. The molecule has 2 aromatic rings. The van der Waals surface area contributed by atoms with Gasteiger partial charge in [0.1, 0.15) is 5.82 Å². The van der Waals surface area contributed by atoms with Gasteiger partial charge in [0.05, 0.1) is 0 Å². The Balaban J connectivity index is 1.89. The maximum Gasteiger partial charge on any atom is 0.123 e. The molecular weight excluding hydrogens is 239 g/mol. The topological polar surface area (TPSA) is 30.9 Å². The Labute approximate surface area is 113 Å². The summed E-state index contributed by atoms with van der Waals surface area (Å²) in [5.41, 5.74) is 10.9. The van der Waals surface area contributed by atoms with Gasteiger partial charge in [0.15, 0.2) is 0 Å². The van der Waals surface area contributed by atoms with Crippen LogP contribution in [-0.2, 0) is 13.0 Å². The van der Waals surface area contributed by atoms with Crippen LogP contribution in [0.25, 0.3) is 0 Å². The number of aromatic nitrogens is 1. The fourth-order valence-corrected chi connectivity index (χ4v) is 2.88. The third kappa shape index (κ3) is 2.43. The summed E-state index contributed by atoms with van der Waals surface area (Å²) in [6.45, 7) is 2.73. The van der Waals surface area contributed by atoms with Gasteiger partial charge in [-0.3, -0.25) is 0 Å². The van der Waals surface area contributed by atoms with Crippen molar-refractivity contribution in [2.24, 2.45) is 5.73 Å². The van der Waals surface area contributed by atoms with Crippen LogP contribution in [0.1, 0.15) is 41.1 Å². The largest absolute Gasteiger partial charge is 0.349 e. The first kappa shape index (κ1) is 12.4. The zero-order chi connectivity index (χ0) is 13.4. The molecule has 0 aliphatic heterocycles. The van der Waals surface area contributed by atoms with E-state index in [0.29, 0.717) is 6.54 Å². The molecule has 0 fully saturated rings. The zero-order valence-electron chi connectivity index (χ0n) is 11.2. The van der Waals surface area contributed by atoms with Crippen LogP contribution in [0.4, 0.5) is 4.39 Å². The lowest BCUT2D eigenvalue weighted by molar-refractivity contribution is 0.573. The van der Waals surface area contributed by atoms with E-state index < -0.39 is 0 Å². The van der Waals surface area contributed by atoms with Gasteiger partial charge in [0, 0.05) is 25.0 Å². The van der Waals surface area contributed by atoms with E-state index in [2.05, 4.69) is 17.0 Å². The number of aryl methyl sites for hydroxylation is 2. The van der Waals surface area contributed by atoms with Crippen molar-refractivity contribution in [1.82, 2.24) is 4.57 Å². The van der Waals surface area contributed by atoms with Gasteiger partial charge >= 0.3 is 0 Å². The molecule has 1 aliphatic rings. The Bertz CT molecular complexity index is 601. The first-order valence-corrected chi connectivity index (χ1v) is 6.82. The second-order valence-corrected chi connectivity index (χ2v) is 5.48. The number of rotatable bonds is 2. The molecule has 0 saturated heterocycles. The van der Waals surface area contributed by atoms with Crippen molar-refractivity contribution >= 4 is 0 Å². The fraction of sp³-hybridized carbons (Fsp3) is 0.375. The van der Waals surface area contributed by atoms with Crippen LogP contribution in [-0.4, -0.2) is 4.57 Å². The van der Waals surface area contributed by atoms with Crippen molar-refractivity contribution in [3.8, 4) is 0 Å². The second kappa shape index (κ2) is 4.82. The highest BCUT2D eigenvalue weighted by molar-refractivity contribution is 5.32. The number of nitrogens with two attached hydrogens (primary N) is 1. The fourth-order valence-electron chi connectivity index (χ4n) is 2.88. The van der Waals surface area contributed by atoms with Crippen molar-refractivity contribution in [2.45, 2.75) is 38.8 Å². The first-order valence-electron chi connectivity index (χ1n) is 6.82. The van der Waals surface area contributed by atoms with E-state index in [4.69, 9.17) is 5.73 Å². The summed E-state index contributed by atoms with van der Waals surface area (Å²) in [5, 5.41) is 0. The van der Waals surface area contributed by atoms with Crippen molar-refractivity contribution in [2.75, 3.05) is 0 Å². The van der Waals surface area contributed by atoms with Gasteiger partial charge in [-0.05, 0) is 60.6 Å². The molecule has 2 nitrogen and oxygen atoms in total. The Morgan fingerprint density at radius 2 is 2.21 bits per heavy atom. The van der Waals surface area contributed by atoms with Crippen molar-refractivity contribution in [3.05, 3.63) is 58.7 Å². The predicted octanol–water partition coefficient (Wildman–Crippen LogP) is 3.32. The molecule has 19 heavy (non-hydrogen) atoms.